The highest BCUT2D eigenvalue weighted by atomic mass is 16.5. The van der Waals surface area contributed by atoms with Gasteiger partial charge in [-0.25, -0.2) is 0 Å². The van der Waals surface area contributed by atoms with Crippen LogP contribution < -0.4 is 19.7 Å². The molecule has 2 amide bonds. The Morgan fingerprint density at radius 3 is 1.85 bits per heavy atom. The van der Waals surface area contributed by atoms with Crippen LogP contribution in [-0.2, 0) is 9.59 Å². The van der Waals surface area contributed by atoms with Gasteiger partial charge in [-0.15, -0.1) is 0 Å². The molecule has 0 saturated carbocycles. The summed E-state index contributed by atoms with van der Waals surface area (Å²) in [5.41, 5.74) is 1.28. The van der Waals surface area contributed by atoms with Gasteiger partial charge in [0.1, 0.15) is 17.5 Å². The number of hydrogen-bond donors (Lipinski definition) is 1. The second-order valence-corrected chi connectivity index (χ2v) is 5.94. The van der Waals surface area contributed by atoms with E-state index in [1.165, 1.54) is 11.8 Å². The van der Waals surface area contributed by atoms with E-state index in [1.807, 2.05) is 13.8 Å². The van der Waals surface area contributed by atoms with Crippen LogP contribution in [0.4, 0.5) is 11.4 Å². The number of nitrogens with zero attached hydrogens (tertiary/aromatic N) is 1. The Kier molecular flexibility index (Phi) is 7.23. The Morgan fingerprint density at radius 1 is 0.926 bits per heavy atom. The zero-order valence-corrected chi connectivity index (χ0v) is 16.2. The molecule has 6 nitrogen and oxygen atoms in total. The standard InChI is InChI=1S/C21H26N2O4/c1-5-26-19-11-7-17(8-12-19)22-21(25)15(3)23(16(4)24)18-9-13-20(14-10-18)27-6-2/h7-15H,5-6H2,1-4H3,(H,22,25). The van der Waals surface area contributed by atoms with E-state index in [1.54, 1.807) is 55.5 Å². The van der Waals surface area contributed by atoms with Crippen molar-refractivity contribution in [2.75, 3.05) is 23.4 Å². The van der Waals surface area contributed by atoms with Gasteiger partial charge in [0.25, 0.3) is 0 Å². The van der Waals surface area contributed by atoms with Crippen LogP contribution in [0, 0.1) is 0 Å². The van der Waals surface area contributed by atoms with Crippen molar-refractivity contribution >= 4 is 23.2 Å². The lowest BCUT2D eigenvalue weighted by Gasteiger charge is -2.27. The van der Waals surface area contributed by atoms with Crippen LogP contribution in [0.3, 0.4) is 0 Å². The van der Waals surface area contributed by atoms with Gasteiger partial charge >= 0.3 is 0 Å². The van der Waals surface area contributed by atoms with E-state index in [0.29, 0.717) is 24.6 Å². The number of amides is 2. The smallest absolute Gasteiger partial charge is 0.247 e. The van der Waals surface area contributed by atoms with Gasteiger partial charge in [-0.05, 0) is 69.3 Å². The lowest BCUT2D eigenvalue weighted by Crippen LogP contribution is -2.44. The summed E-state index contributed by atoms with van der Waals surface area (Å²) in [7, 11) is 0. The summed E-state index contributed by atoms with van der Waals surface area (Å²) in [5.74, 6) is 0.969. The maximum Gasteiger partial charge on any atom is 0.247 e. The Bertz CT molecular complexity index is 757. The summed E-state index contributed by atoms with van der Waals surface area (Å²) in [5, 5.41) is 2.83. The van der Waals surface area contributed by atoms with Gasteiger partial charge < -0.3 is 19.7 Å². The fourth-order valence-electron chi connectivity index (χ4n) is 2.71. The van der Waals surface area contributed by atoms with Gasteiger partial charge in [-0.1, -0.05) is 0 Å². The van der Waals surface area contributed by atoms with Gasteiger partial charge in [-0.2, -0.15) is 0 Å². The van der Waals surface area contributed by atoms with Crippen molar-refractivity contribution in [3.8, 4) is 11.5 Å². The molecule has 0 fully saturated rings. The lowest BCUT2D eigenvalue weighted by molar-refractivity contribution is -0.122. The first-order chi connectivity index (χ1) is 13.0. The third kappa shape index (κ3) is 5.48. The van der Waals surface area contributed by atoms with Crippen molar-refractivity contribution in [3.63, 3.8) is 0 Å². The Morgan fingerprint density at radius 2 is 1.41 bits per heavy atom. The summed E-state index contributed by atoms with van der Waals surface area (Å²) in [6, 6.07) is 13.6. The first-order valence-corrected chi connectivity index (χ1v) is 9.02. The first-order valence-electron chi connectivity index (χ1n) is 9.02. The average Bonchev–Trinajstić information content (AvgIpc) is 2.65. The third-order valence-corrected chi connectivity index (χ3v) is 3.96. The molecule has 0 aliphatic carbocycles. The molecule has 0 heterocycles. The summed E-state index contributed by atoms with van der Waals surface area (Å²) in [4.78, 5) is 26.3. The molecule has 0 radical (unpaired) electrons. The quantitative estimate of drug-likeness (QED) is 0.766. The average molecular weight is 370 g/mol. The van der Waals surface area contributed by atoms with Crippen LogP contribution in [0.25, 0.3) is 0 Å². The summed E-state index contributed by atoms with van der Waals surface area (Å²) in [6.07, 6.45) is 0. The van der Waals surface area contributed by atoms with Crippen molar-refractivity contribution in [3.05, 3.63) is 48.5 Å². The SMILES string of the molecule is CCOc1ccc(NC(=O)C(C)N(C(C)=O)c2ccc(OCC)cc2)cc1. The van der Waals surface area contributed by atoms with E-state index < -0.39 is 6.04 Å². The van der Waals surface area contributed by atoms with Crippen molar-refractivity contribution in [1.29, 1.82) is 0 Å². The highest BCUT2D eigenvalue weighted by molar-refractivity contribution is 6.04. The molecule has 1 N–H and O–H groups in total. The largest absolute Gasteiger partial charge is 0.494 e. The molecule has 0 spiro atoms. The van der Waals surface area contributed by atoms with Crippen LogP contribution >= 0.6 is 0 Å². The Labute approximate surface area is 160 Å². The molecule has 144 valence electrons. The molecule has 27 heavy (non-hydrogen) atoms. The van der Waals surface area contributed by atoms with Crippen LogP contribution in [0.2, 0.25) is 0 Å². The minimum atomic E-state index is -0.674. The second kappa shape index (κ2) is 9.62. The monoisotopic (exact) mass is 370 g/mol. The van der Waals surface area contributed by atoms with E-state index in [0.717, 1.165) is 11.5 Å². The number of hydrogen-bond acceptors (Lipinski definition) is 4. The van der Waals surface area contributed by atoms with Crippen LogP contribution in [0.1, 0.15) is 27.7 Å². The summed E-state index contributed by atoms with van der Waals surface area (Å²) < 4.78 is 10.8. The van der Waals surface area contributed by atoms with Gasteiger partial charge in [0.05, 0.1) is 13.2 Å². The molecule has 6 heteroatoms. The third-order valence-electron chi connectivity index (χ3n) is 3.96. The molecule has 1 unspecified atom stereocenters. The molecule has 0 saturated heterocycles. The normalized spacial score (nSPS) is 11.4. The van der Waals surface area contributed by atoms with Gasteiger partial charge in [0.2, 0.25) is 11.8 Å². The molecule has 1 atom stereocenters. The van der Waals surface area contributed by atoms with E-state index in [9.17, 15) is 9.59 Å². The molecule has 2 aromatic carbocycles. The van der Waals surface area contributed by atoms with Crippen molar-refractivity contribution in [1.82, 2.24) is 0 Å². The molecular formula is C21H26N2O4. The molecule has 0 aliphatic heterocycles. The second-order valence-electron chi connectivity index (χ2n) is 5.94. The molecule has 2 aromatic rings. The molecule has 0 aromatic heterocycles. The zero-order chi connectivity index (χ0) is 19.8. The number of ether oxygens (including phenoxy) is 2. The molecule has 2 rings (SSSR count). The Hall–Kier alpha value is -3.02. The first kappa shape index (κ1) is 20.3. The zero-order valence-electron chi connectivity index (χ0n) is 16.2. The minimum Gasteiger partial charge on any atom is -0.494 e. The topological polar surface area (TPSA) is 67.9 Å². The van der Waals surface area contributed by atoms with Crippen LogP contribution in [-0.4, -0.2) is 31.1 Å². The van der Waals surface area contributed by atoms with E-state index in [4.69, 9.17) is 9.47 Å². The summed E-state index contributed by atoms with van der Waals surface area (Å²) in [6.45, 7) is 8.10. The number of carbonyl (C=O) groups excluding carboxylic acids is 2. The van der Waals surface area contributed by atoms with Gasteiger partial charge in [0, 0.05) is 18.3 Å². The fourth-order valence-corrected chi connectivity index (χ4v) is 2.71. The maximum atomic E-state index is 12.7. The number of benzene rings is 2. The molecule has 0 aliphatic rings. The summed E-state index contributed by atoms with van der Waals surface area (Å²) >= 11 is 0. The van der Waals surface area contributed by atoms with Gasteiger partial charge in [0.15, 0.2) is 0 Å². The van der Waals surface area contributed by atoms with Crippen LogP contribution in [0.5, 0.6) is 11.5 Å². The maximum absolute atomic E-state index is 12.7. The number of rotatable bonds is 8. The number of carbonyl (C=O) groups is 2. The predicted octanol–water partition coefficient (Wildman–Crippen LogP) is 3.86. The highest BCUT2D eigenvalue weighted by Crippen LogP contribution is 2.23. The Balaban J connectivity index is 2.11. The van der Waals surface area contributed by atoms with Gasteiger partial charge in [-0.3, -0.25) is 9.59 Å². The molecular weight excluding hydrogens is 344 g/mol. The van der Waals surface area contributed by atoms with E-state index in [2.05, 4.69) is 5.32 Å². The van der Waals surface area contributed by atoms with E-state index >= 15 is 0 Å². The van der Waals surface area contributed by atoms with Crippen molar-refractivity contribution < 1.29 is 19.1 Å². The molecule has 0 bridgehead atoms. The highest BCUT2D eigenvalue weighted by Gasteiger charge is 2.25. The number of anilines is 2. The van der Waals surface area contributed by atoms with Crippen molar-refractivity contribution in [2.45, 2.75) is 33.7 Å². The minimum absolute atomic E-state index is 0.214. The van der Waals surface area contributed by atoms with E-state index in [-0.39, 0.29) is 11.8 Å². The number of nitrogens with one attached hydrogen (secondary N) is 1. The van der Waals surface area contributed by atoms with Crippen molar-refractivity contribution in [2.24, 2.45) is 0 Å². The predicted molar refractivity (Wildman–Crippen MR) is 106 cm³/mol. The lowest BCUT2D eigenvalue weighted by atomic mass is 10.2. The fraction of sp³-hybridized carbons (Fsp3) is 0.333. The van der Waals surface area contributed by atoms with Crippen LogP contribution in [0.15, 0.2) is 48.5 Å².